The molecule has 0 heterocycles. The quantitative estimate of drug-likeness (QED) is 0.512. The standard InChI is InChI=1S/C28H46O2/c1-18(2)19(3)6-7-20(4)24-10-11-25-23-9-8-21-16-22(30)12-15-28(21,17-29)26(23)13-14-27(24,25)5/h6-8,18-20,22-26,29-30H,9-17H2,1-5H3. The molecule has 0 amide bonds. The van der Waals surface area contributed by atoms with Gasteiger partial charge in [0.05, 0.1) is 12.7 Å². The highest BCUT2D eigenvalue weighted by atomic mass is 16.3. The van der Waals surface area contributed by atoms with E-state index in [9.17, 15) is 10.2 Å². The van der Waals surface area contributed by atoms with Crippen molar-refractivity contribution in [3.8, 4) is 0 Å². The van der Waals surface area contributed by atoms with Crippen LogP contribution in [0.5, 0.6) is 0 Å². The lowest BCUT2D eigenvalue weighted by atomic mass is 9.46. The van der Waals surface area contributed by atoms with Crippen LogP contribution in [-0.2, 0) is 0 Å². The van der Waals surface area contributed by atoms with Crippen LogP contribution >= 0.6 is 0 Å². The zero-order chi connectivity index (χ0) is 21.7. The van der Waals surface area contributed by atoms with Gasteiger partial charge in [0.2, 0.25) is 0 Å². The SMILES string of the molecule is CC(C)C(C)C=CC(C)C1CCC2C3CC=C4CC(O)CCC4(CO)C3CCC12C. The molecule has 9 atom stereocenters. The predicted molar refractivity (Wildman–Crippen MR) is 125 cm³/mol. The van der Waals surface area contributed by atoms with Crippen LogP contribution in [0.2, 0.25) is 0 Å². The van der Waals surface area contributed by atoms with Gasteiger partial charge in [-0.25, -0.2) is 0 Å². The van der Waals surface area contributed by atoms with E-state index in [0.717, 1.165) is 37.0 Å². The van der Waals surface area contributed by atoms with Gasteiger partial charge in [0, 0.05) is 5.41 Å². The molecule has 4 aliphatic rings. The molecule has 0 aliphatic heterocycles. The first-order chi connectivity index (χ1) is 14.2. The maximum absolute atomic E-state index is 10.6. The van der Waals surface area contributed by atoms with Crippen molar-refractivity contribution in [2.24, 2.45) is 52.3 Å². The third-order valence-corrected chi connectivity index (χ3v) is 10.6. The minimum atomic E-state index is -0.196. The normalized spacial score (nSPS) is 45.6. The molecule has 3 saturated carbocycles. The van der Waals surface area contributed by atoms with Gasteiger partial charge in [-0.1, -0.05) is 58.4 Å². The first-order valence-corrected chi connectivity index (χ1v) is 12.9. The fourth-order valence-corrected chi connectivity index (χ4v) is 8.34. The first kappa shape index (κ1) is 22.6. The van der Waals surface area contributed by atoms with Crippen molar-refractivity contribution in [3.05, 3.63) is 23.8 Å². The highest BCUT2D eigenvalue weighted by Crippen LogP contribution is 2.67. The van der Waals surface area contributed by atoms with Gasteiger partial charge >= 0.3 is 0 Å². The molecule has 0 radical (unpaired) electrons. The van der Waals surface area contributed by atoms with E-state index in [2.05, 4.69) is 52.8 Å². The van der Waals surface area contributed by atoms with Crippen molar-refractivity contribution in [1.29, 1.82) is 0 Å². The first-order valence-electron chi connectivity index (χ1n) is 12.9. The Kier molecular flexibility index (Phi) is 6.32. The second kappa shape index (κ2) is 8.39. The summed E-state index contributed by atoms with van der Waals surface area (Å²) in [5.41, 5.74) is 1.81. The number of aliphatic hydroxyl groups excluding tert-OH is 2. The van der Waals surface area contributed by atoms with E-state index in [-0.39, 0.29) is 18.1 Å². The van der Waals surface area contributed by atoms with Gasteiger partial charge in [0.25, 0.3) is 0 Å². The molecule has 0 saturated heterocycles. The molecule has 4 rings (SSSR count). The summed E-state index contributed by atoms with van der Waals surface area (Å²) in [6.07, 6.45) is 16.4. The number of rotatable bonds is 5. The van der Waals surface area contributed by atoms with Crippen LogP contribution in [-0.4, -0.2) is 22.9 Å². The third-order valence-electron chi connectivity index (χ3n) is 10.6. The average molecular weight is 415 g/mol. The van der Waals surface area contributed by atoms with Crippen molar-refractivity contribution < 1.29 is 10.2 Å². The second-order valence-corrected chi connectivity index (χ2v) is 12.1. The van der Waals surface area contributed by atoms with Gasteiger partial charge in [0.15, 0.2) is 0 Å². The van der Waals surface area contributed by atoms with Gasteiger partial charge in [-0.3, -0.25) is 0 Å². The maximum Gasteiger partial charge on any atom is 0.0577 e. The zero-order valence-corrected chi connectivity index (χ0v) is 20.1. The summed E-state index contributed by atoms with van der Waals surface area (Å²) >= 11 is 0. The molecule has 2 nitrogen and oxygen atoms in total. The monoisotopic (exact) mass is 414 g/mol. The van der Waals surface area contributed by atoms with Gasteiger partial charge in [-0.05, 0) is 98.2 Å². The highest BCUT2D eigenvalue weighted by molar-refractivity contribution is 5.26. The summed E-state index contributed by atoms with van der Waals surface area (Å²) in [6, 6.07) is 0. The highest BCUT2D eigenvalue weighted by Gasteiger charge is 2.60. The minimum absolute atomic E-state index is 0.0280. The molecule has 0 aromatic rings. The lowest BCUT2D eigenvalue weighted by Gasteiger charge is -2.58. The van der Waals surface area contributed by atoms with Gasteiger partial charge in [-0.15, -0.1) is 0 Å². The topological polar surface area (TPSA) is 40.5 Å². The summed E-state index contributed by atoms with van der Waals surface area (Å²) in [5.74, 6) is 4.97. The summed E-state index contributed by atoms with van der Waals surface area (Å²) < 4.78 is 0. The smallest absolute Gasteiger partial charge is 0.0577 e. The summed E-state index contributed by atoms with van der Waals surface area (Å²) in [4.78, 5) is 0. The van der Waals surface area contributed by atoms with E-state index in [1.165, 1.54) is 37.7 Å². The fourth-order valence-electron chi connectivity index (χ4n) is 8.34. The lowest BCUT2D eigenvalue weighted by Crippen LogP contribution is -2.53. The van der Waals surface area contributed by atoms with E-state index in [0.29, 0.717) is 29.1 Å². The number of hydrogen-bond donors (Lipinski definition) is 2. The summed E-state index contributed by atoms with van der Waals surface area (Å²) in [6.45, 7) is 12.3. The van der Waals surface area contributed by atoms with E-state index >= 15 is 0 Å². The Morgan fingerprint density at radius 1 is 1.03 bits per heavy atom. The van der Waals surface area contributed by atoms with E-state index in [1.54, 1.807) is 0 Å². The molecule has 9 unspecified atom stereocenters. The maximum atomic E-state index is 10.6. The van der Waals surface area contributed by atoms with Gasteiger partial charge in [-0.2, -0.15) is 0 Å². The molecule has 30 heavy (non-hydrogen) atoms. The van der Waals surface area contributed by atoms with Crippen LogP contribution in [0.3, 0.4) is 0 Å². The lowest BCUT2D eigenvalue weighted by molar-refractivity contribution is -0.0774. The molecule has 0 spiro atoms. The Morgan fingerprint density at radius 2 is 1.80 bits per heavy atom. The molecule has 0 aromatic heterocycles. The molecule has 4 aliphatic carbocycles. The van der Waals surface area contributed by atoms with Gasteiger partial charge in [0.1, 0.15) is 0 Å². The molecule has 2 heteroatoms. The fraction of sp³-hybridized carbons (Fsp3) is 0.857. The van der Waals surface area contributed by atoms with Crippen LogP contribution in [0.15, 0.2) is 23.8 Å². The van der Waals surface area contributed by atoms with Crippen molar-refractivity contribution in [1.82, 2.24) is 0 Å². The zero-order valence-electron chi connectivity index (χ0n) is 20.1. The predicted octanol–water partition coefficient (Wildman–Crippen LogP) is 6.38. The van der Waals surface area contributed by atoms with Crippen molar-refractivity contribution in [2.45, 2.75) is 92.1 Å². The molecule has 2 N–H and O–H groups in total. The Bertz CT molecular complexity index is 678. The van der Waals surface area contributed by atoms with E-state index in [4.69, 9.17) is 0 Å². The largest absolute Gasteiger partial charge is 0.395 e. The number of aliphatic hydroxyl groups is 2. The van der Waals surface area contributed by atoms with Crippen LogP contribution in [0.1, 0.15) is 86.0 Å². The number of hydrogen-bond acceptors (Lipinski definition) is 2. The molecular formula is C28H46O2. The van der Waals surface area contributed by atoms with E-state index < -0.39 is 0 Å². The average Bonchev–Trinajstić information content (AvgIpc) is 3.08. The number of allylic oxidation sites excluding steroid dienone is 3. The summed E-state index contributed by atoms with van der Waals surface area (Å²) in [7, 11) is 0. The summed E-state index contributed by atoms with van der Waals surface area (Å²) in [5, 5.41) is 20.8. The van der Waals surface area contributed by atoms with Crippen molar-refractivity contribution in [3.63, 3.8) is 0 Å². The van der Waals surface area contributed by atoms with Crippen LogP contribution in [0.4, 0.5) is 0 Å². The molecular weight excluding hydrogens is 368 g/mol. The van der Waals surface area contributed by atoms with Crippen molar-refractivity contribution in [2.75, 3.05) is 6.61 Å². The molecule has 0 bridgehead atoms. The Labute approximate surface area is 185 Å². The molecule has 0 aromatic carbocycles. The second-order valence-electron chi connectivity index (χ2n) is 12.1. The van der Waals surface area contributed by atoms with Crippen LogP contribution < -0.4 is 0 Å². The Morgan fingerprint density at radius 3 is 2.50 bits per heavy atom. The third kappa shape index (κ3) is 3.54. The number of fused-ring (bicyclic) bond motifs is 5. The van der Waals surface area contributed by atoms with Crippen molar-refractivity contribution >= 4 is 0 Å². The van der Waals surface area contributed by atoms with Crippen LogP contribution in [0, 0.1) is 52.3 Å². The molecule has 3 fully saturated rings. The van der Waals surface area contributed by atoms with E-state index in [1.807, 2.05) is 0 Å². The van der Waals surface area contributed by atoms with Crippen LogP contribution in [0.25, 0.3) is 0 Å². The van der Waals surface area contributed by atoms with Gasteiger partial charge < -0.3 is 10.2 Å². The Balaban J connectivity index is 1.55. The minimum Gasteiger partial charge on any atom is -0.395 e. The molecule has 170 valence electrons. The Hall–Kier alpha value is -0.600.